The van der Waals surface area contributed by atoms with E-state index in [1.54, 1.807) is 0 Å². The van der Waals surface area contributed by atoms with E-state index < -0.39 is 0 Å². The molecule has 1 heterocycles. The second kappa shape index (κ2) is 10.9. The fraction of sp³-hybridized carbons (Fsp3) is 0.281. The fourth-order valence-corrected chi connectivity index (χ4v) is 5.00. The molecule has 36 heavy (non-hydrogen) atoms. The van der Waals surface area contributed by atoms with Gasteiger partial charge >= 0.3 is 0 Å². The summed E-state index contributed by atoms with van der Waals surface area (Å²) in [6.45, 7) is 5.62. The molecule has 5 rings (SSSR count). The number of ether oxygens (including phenoxy) is 1. The van der Waals surface area contributed by atoms with E-state index in [1.807, 2.05) is 36.4 Å². The summed E-state index contributed by atoms with van der Waals surface area (Å²) in [5.74, 6) is 1.50. The van der Waals surface area contributed by atoms with Gasteiger partial charge in [-0.2, -0.15) is 0 Å². The highest BCUT2D eigenvalue weighted by Gasteiger charge is 2.23. The van der Waals surface area contributed by atoms with Crippen LogP contribution in [-0.4, -0.2) is 17.1 Å². The number of nitrogens with zero attached hydrogens (tertiary/aromatic N) is 1. The van der Waals surface area contributed by atoms with Crippen LogP contribution in [0, 0.1) is 5.92 Å². The van der Waals surface area contributed by atoms with Crippen LogP contribution in [0.1, 0.15) is 53.9 Å². The highest BCUT2D eigenvalue weighted by Crippen LogP contribution is 2.35. The second-order valence-corrected chi connectivity index (χ2v) is 9.77. The van der Waals surface area contributed by atoms with Crippen molar-refractivity contribution >= 4 is 5.91 Å². The molecule has 1 aliphatic carbocycles. The molecule has 0 saturated heterocycles. The Morgan fingerprint density at radius 1 is 1.00 bits per heavy atom. The van der Waals surface area contributed by atoms with Crippen molar-refractivity contribution < 1.29 is 9.53 Å². The Hall–Kier alpha value is -3.79. The molecule has 184 valence electrons. The third-order valence-electron chi connectivity index (χ3n) is 6.94. The number of amides is 1. The summed E-state index contributed by atoms with van der Waals surface area (Å²) in [4.78, 5) is 12.8. The van der Waals surface area contributed by atoms with Crippen LogP contribution in [0.4, 0.5) is 0 Å². The van der Waals surface area contributed by atoms with Crippen molar-refractivity contribution in [1.29, 1.82) is 0 Å². The molecule has 1 atom stereocenters. The predicted molar refractivity (Wildman–Crippen MR) is 146 cm³/mol. The zero-order valence-electron chi connectivity index (χ0n) is 21.2. The molecule has 3 aromatic carbocycles. The lowest BCUT2D eigenvalue weighted by Gasteiger charge is -2.21. The Kier molecular flexibility index (Phi) is 7.22. The molecular weight excluding hydrogens is 444 g/mol. The molecule has 0 radical (unpaired) electrons. The minimum absolute atomic E-state index is 0.0699. The molecule has 4 aromatic rings. The van der Waals surface area contributed by atoms with E-state index >= 15 is 0 Å². The van der Waals surface area contributed by atoms with Crippen molar-refractivity contribution in [1.82, 2.24) is 9.88 Å². The summed E-state index contributed by atoms with van der Waals surface area (Å²) < 4.78 is 8.02. The molecule has 1 amide bonds. The minimum Gasteiger partial charge on any atom is -0.494 e. The smallest absolute Gasteiger partial charge is 0.251 e. The topological polar surface area (TPSA) is 43.3 Å². The number of hydrogen-bond acceptors (Lipinski definition) is 2. The van der Waals surface area contributed by atoms with E-state index in [1.165, 1.54) is 28.9 Å². The number of nitrogens with one attached hydrogen (secondary N) is 1. The Labute approximate surface area is 213 Å². The molecule has 0 bridgehead atoms. The molecule has 0 aliphatic heterocycles. The molecule has 1 unspecified atom stereocenters. The van der Waals surface area contributed by atoms with Gasteiger partial charge in [0, 0.05) is 23.5 Å². The van der Waals surface area contributed by atoms with Gasteiger partial charge in [0.25, 0.3) is 5.91 Å². The summed E-state index contributed by atoms with van der Waals surface area (Å²) in [7, 11) is 0. The summed E-state index contributed by atoms with van der Waals surface area (Å²) in [5.41, 5.74) is 8.09. The van der Waals surface area contributed by atoms with E-state index in [-0.39, 0.29) is 5.91 Å². The van der Waals surface area contributed by atoms with Crippen LogP contribution >= 0.6 is 0 Å². The Morgan fingerprint density at radius 2 is 1.75 bits per heavy atom. The molecule has 1 aromatic heterocycles. The summed E-state index contributed by atoms with van der Waals surface area (Å²) in [6.07, 6.45) is 4.38. The van der Waals surface area contributed by atoms with Crippen LogP contribution in [0.2, 0.25) is 0 Å². The van der Waals surface area contributed by atoms with E-state index in [2.05, 4.69) is 72.3 Å². The average Bonchev–Trinajstić information content (AvgIpc) is 3.30. The molecule has 1 N–H and O–H groups in total. The van der Waals surface area contributed by atoms with E-state index in [0.717, 1.165) is 36.3 Å². The Morgan fingerprint density at radius 3 is 2.47 bits per heavy atom. The van der Waals surface area contributed by atoms with Crippen molar-refractivity contribution in [2.24, 2.45) is 5.92 Å². The highest BCUT2D eigenvalue weighted by molar-refractivity contribution is 5.94. The molecule has 0 spiro atoms. The molecule has 4 heteroatoms. The number of benzene rings is 3. The van der Waals surface area contributed by atoms with Gasteiger partial charge in [0.1, 0.15) is 5.75 Å². The van der Waals surface area contributed by atoms with Crippen molar-refractivity contribution in [3.05, 3.63) is 107 Å². The number of carbonyl (C=O) groups is 1. The van der Waals surface area contributed by atoms with Crippen molar-refractivity contribution in [3.63, 3.8) is 0 Å². The first-order chi connectivity index (χ1) is 17.6. The molecule has 4 nitrogen and oxygen atoms in total. The monoisotopic (exact) mass is 478 g/mol. The highest BCUT2D eigenvalue weighted by atomic mass is 16.5. The quantitative estimate of drug-likeness (QED) is 0.297. The van der Waals surface area contributed by atoms with Crippen LogP contribution in [0.5, 0.6) is 5.75 Å². The van der Waals surface area contributed by atoms with Crippen molar-refractivity contribution in [3.8, 4) is 22.7 Å². The van der Waals surface area contributed by atoms with Crippen LogP contribution in [0.25, 0.3) is 16.9 Å². The van der Waals surface area contributed by atoms with Crippen LogP contribution in [0.15, 0.2) is 84.9 Å². The van der Waals surface area contributed by atoms with E-state index in [0.29, 0.717) is 24.6 Å². The van der Waals surface area contributed by atoms with Gasteiger partial charge in [-0.1, -0.05) is 56.3 Å². The fourth-order valence-electron chi connectivity index (χ4n) is 5.00. The first-order valence-corrected chi connectivity index (χ1v) is 13.0. The van der Waals surface area contributed by atoms with Gasteiger partial charge in [0.05, 0.1) is 12.3 Å². The molecule has 0 fully saturated rings. The first-order valence-electron chi connectivity index (χ1n) is 13.0. The number of carbonyl (C=O) groups excluding carboxylic acids is 1. The maximum atomic E-state index is 12.8. The third-order valence-corrected chi connectivity index (χ3v) is 6.94. The van der Waals surface area contributed by atoms with Gasteiger partial charge in [-0.3, -0.25) is 4.79 Å². The Bertz CT molecular complexity index is 1310. The van der Waals surface area contributed by atoms with E-state index in [4.69, 9.17) is 4.74 Å². The van der Waals surface area contributed by atoms with Gasteiger partial charge in [-0.15, -0.1) is 0 Å². The van der Waals surface area contributed by atoms with Crippen LogP contribution < -0.4 is 10.1 Å². The second-order valence-electron chi connectivity index (χ2n) is 9.77. The van der Waals surface area contributed by atoms with Crippen molar-refractivity contribution in [2.75, 3.05) is 6.61 Å². The largest absolute Gasteiger partial charge is 0.494 e. The van der Waals surface area contributed by atoms with Crippen molar-refractivity contribution in [2.45, 2.75) is 46.1 Å². The van der Waals surface area contributed by atoms with Gasteiger partial charge in [-0.25, -0.2) is 0 Å². The van der Waals surface area contributed by atoms with Gasteiger partial charge in [0.15, 0.2) is 0 Å². The molecule has 1 aliphatic rings. The summed E-state index contributed by atoms with van der Waals surface area (Å²) in [5, 5.41) is 3.04. The standard InChI is InChI=1S/C32H34N2O2/c1-3-19-36-29-16-10-24(11-17-29)22-33-32(35)26-12-14-28(15-13-26)34-30-18-9-23(2)20-27(30)21-31(34)25-7-5-4-6-8-25/h4-8,10-17,21,23H,3,9,18-20,22H2,1-2H3,(H,33,35). The van der Waals surface area contributed by atoms with Gasteiger partial charge < -0.3 is 14.6 Å². The maximum Gasteiger partial charge on any atom is 0.251 e. The van der Waals surface area contributed by atoms with Crippen LogP contribution in [-0.2, 0) is 19.4 Å². The lowest BCUT2D eigenvalue weighted by molar-refractivity contribution is 0.0951. The SMILES string of the molecule is CCCOc1ccc(CNC(=O)c2ccc(-n3c(-c4ccccc4)cc4c3CCC(C)C4)cc2)cc1. The first kappa shape index (κ1) is 23.9. The minimum atomic E-state index is -0.0699. The van der Waals surface area contributed by atoms with Gasteiger partial charge in [-0.05, 0) is 90.8 Å². The third kappa shape index (κ3) is 5.23. The van der Waals surface area contributed by atoms with E-state index in [9.17, 15) is 4.79 Å². The normalized spacial score (nSPS) is 14.8. The maximum absolute atomic E-state index is 12.8. The zero-order valence-corrected chi connectivity index (χ0v) is 21.2. The van der Waals surface area contributed by atoms with Crippen LogP contribution in [0.3, 0.4) is 0 Å². The number of aromatic nitrogens is 1. The summed E-state index contributed by atoms with van der Waals surface area (Å²) >= 11 is 0. The number of hydrogen-bond donors (Lipinski definition) is 1. The number of rotatable bonds is 8. The Balaban J connectivity index is 1.33. The predicted octanol–water partition coefficient (Wildman–Crippen LogP) is 6.99. The average molecular weight is 479 g/mol. The zero-order chi connectivity index (χ0) is 24.9. The summed E-state index contributed by atoms with van der Waals surface area (Å²) in [6, 6.07) is 28.8. The lowest BCUT2D eigenvalue weighted by Crippen LogP contribution is -2.22. The molecule has 0 saturated carbocycles. The van der Waals surface area contributed by atoms with Gasteiger partial charge in [0.2, 0.25) is 0 Å². The number of fused-ring (bicyclic) bond motifs is 1. The lowest BCUT2D eigenvalue weighted by atomic mass is 9.89. The molecular formula is C32H34N2O2.